The van der Waals surface area contributed by atoms with E-state index in [9.17, 15) is 4.79 Å². The number of ketones is 1. The predicted molar refractivity (Wildman–Crippen MR) is 82.0 cm³/mol. The molecule has 1 fully saturated rings. The lowest BCUT2D eigenvalue weighted by atomic mass is 9.79. The van der Waals surface area contributed by atoms with Gasteiger partial charge < -0.3 is 0 Å². The fourth-order valence-electron chi connectivity index (χ4n) is 4.17. The third-order valence-corrected chi connectivity index (χ3v) is 5.17. The first-order valence-corrected chi connectivity index (χ1v) is 7.89. The highest BCUT2D eigenvalue weighted by molar-refractivity contribution is 5.99. The van der Waals surface area contributed by atoms with E-state index in [0.717, 1.165) is 19.3 Å². The van der Waals surface area contributed by atoms with Crippen LogP contribution in [0.3, 0.4) is 0 Å². The van der Waals surface area contributed by atoms with Crippen LogP contribution in [-0.2, 0) is 11.2 Å². The standard InChI is InChI=1S/C19H20O/c20-19(14-6-2-1-3-7-14)17-12-15-10-4-8-13-9-5-11-16(17)18(13)15/h4-5,8-11,14,17H,1-3,6-7,12H2. The number of benzene rings is 2. The minimum Gasteiger partial charge on any atom is -0.299 e. The van der Waals surface area contributed by atoms with Gasteiger partial charge in [-0.15, -0.1) is 0 Å². The van der Waals surface area contributed by atoms with Gasteiger partial charge in [-0.3, -0.25) is 4.79 Å². The van der Waals surface area contributed by atoms with E-state index in [1.54, 1.807) is 0 Å². The van der Waals surface area contributed by atoms with E-state index < -0.39 is 0 Å². The van der Waals surface area contributed by atoms with Crippen LogP contribution in [0.2, 0.25) is 0 Å². The molecule has 0 spiro atoms. The van der Waals surface area contributed by atoms with Crippen molar-refractivity contribution >= 4 is 16.6 Å². The van der Waals surface area contributed by atoms with Gasteiger partial charge in [0.1, 0.15) is 5.78 Å². The van der Waals surface area contributed by atoms with Crippen molar-refractivity contribution in [2.24, 2.45) is 5.92 Å². The van der Waals surface area contributed by atoms with E-state index in [2.05, 4.69) is 36.4 Å². The van der Waals surface area contributed by atoms with Crippen LogP contribution >= 0.6 is 0 Å². The first kappa shape index (κ1) is 12.1. The van der Waals surface area contributed by atoms with Crippen LogP contribution < -0.4 is 0 Å². The smallest absolute Gasteiger partial charge is 0.143 e. The van der Waals surface area contributed by atoms with Crippen molar-refractivity contribution in [1.82, 2.24) is 0 Å². The van der Waals surface area contributed by atoms with Gasteiger partial charge in [0.15, 0.2) is 0 Å². The zero-order valence-electron chi connectivity index (χ0n) is 11.8. The molecule has 2 aliphatic rings. The molecule has 0 amide bonds. The summed E-state index contributed by atoms with van der Waals surface area (Å²) in [5.41, 5.74) is 2.65. The predicted octanol–water partition coefficient (Wildman–Crippen LogP) is 4.63. The van der Waals surface area contributed by atoms with Gasteiger partial charge in [0, 0.05) is 11.8 Å². The van der Waals surface area contributed by atoms with Crippen LogP contribution in [0.1, 0.15) is 49.1 Å². The van der Waals surface area contributed by atoms with Gasteiger partial charge in [-0.05, 0) is 41.2 Å². The molecule has 2 aliphatic carbocycles. The molecule has 1 atom stereocenters. The largest absolute Gasteiger partial charge is 0.299 e. The number of carbonyl (C=O) groups is 1. The van der Waals surface area contributed by atoms with Crippen molar-refractivity contribution in [3.8, 4) is 0 Å². The number of Topliss-reactive ketones (excluding diaryl/α,β-unsaturated/α-hetero) is 1. The Morgan fingerprint density at radius 3 is 2.50 bits per heavy atom. The van der Waals surface area contributed by atoms with Gasteiger partial charge in [0.05, 0.1) is 0 Å². The number of carbonyl (C=O) groups excluding carboxylic acids is 1. The molecular weight excluding hydrogens is 244 g/mol. The van der Waals surface area contributed by atoms with Crippen molar-refractivity contribution in [2.75, 3.05) is 0 Å². The van der Waals surface area contributed by atoms with E-state index in [1.165, 1.54) is 41.2 Å². The number of hydrogen-bond acceptors (Lipinski definition) is 1. The highest BCUT2D eigenvalue weighted by Crippen LogP contribution is 2.41. The fraction of sp³-hybridized carbons (Fsp3) is 0.421. The van der Waals surface area contributed by atoms with Crippen LogP contribution in [0.5, 0.6) is 0 Å². The highest BCUT2D eigenvalue weighted by Gasteiger charge is 2.34. The van der Waals surface area contributed by atoms with Gasteiger partial charge in [-0.25, -0.2) is 0 Å². The number of rotatable bonds is 2. The second-order valence-electron chi connectivity index (χ2n) is 6.36. The molecule has 4 rings (SSSR count). The lowest BCUT2D eigenvalue weighted by Crippen LogP contribution is -2.24. The van der Waals surface area contributed by atoms with E-state index >= 15 is 0 Å². The van der Waals surface area contributed by atoms with Crippen molar-refractivity contribution in [1.29, 1.82) is 0 Å². The monoisotopic (exact) mass is 264 g/mol. The Hall–Kier alpha value is -1.63. The summed E-state index contributed by atoms with van der Waals surface area (Å²) in [4.78, 5) is 12.9. The zero-order valence-corrected chi connectivity index (χ0v) is 11.8. The number of hydrogen-bond donors (Lipinski definition) is 0. The Bertz CT molecular complexity index is 659. The summed E-state index contributed by atoms with van der Waals surface area (Å²) in [5.74, 6) is 0.950. The molecule has 0 bridgehead atoms. The molecule has 0 aromatic heterocycles. The summed E-state index contributed by atoms with van der Waals surface area (Å²) in [7, 11) is 0. The first-order chi connectivity index (χ1) is 9.84. The molecule has 0 saturated heterocycles. The second kappa shape index (κ2) is 4.73. The molecule has 0 N–H and O–H groups in total. The molecule has 1 nitrogen and oxygen atoms in total. The van der Waals surface area contributed by atoms with Gasteiger partial charge in [-0.2, -0.15) is 0 Å². The molecule has 1 unspecified atom stereocenters. The Kier molecular flexibility index (Phi) is 2.87. The third-order valence-electron chi connectivity index (χ3n) is 5.17. The summed E-state index contributed by atoms with van der Waals surface area (Å²) in [6, 6.07) is 12.9. The summed E-state index contributed by atoms with van der Waals surface area (Å²) >= 11 is 0. The SMILES string of the molecule is O=C(C1CCCCC1)C1Cc2cccc3cccc1c23. The lowest BCUT2D eigenvalue weighted by molar-refractivity contribution is -0.125. The van der Waals surface area contributed by atoms with Crippen molar-refractivity contribution < 1.29 is 4.79 Å². The molecule has 1 heteroatoms. The van der Waals surface area contributed by atoms with E-state index in [0.29, 0.717) is 11.7 Å². The topological polar surface area (TPSA) is 17.1 Å². The molecule has 0 heterocycles. The van der Waals surface area contributed by atoms with Crippen LogP contribution in [0.4, 0.5) is 0 Å². The molecule has 0 radical (unpaired) electrons. The maximum Gasteiger partial charge on any atom is 0.143 e. The van der Waals surface area contributed by atoms with Crippen molar-refractivity contribution in [2.45, 2.75) is 44.4 Å². The molecule has 20 heavy (non-hydrogen) atoms. The van der Waals surface area contributed by atoms with E-state index in [-0.39, 0.29) is 5.92 Å². The Morgan fingerprint density at radius 1 is 0.950 bits per heavy atom. The van der Waals surface area contributed by atoms with Crippen molar-refractivity contribution in [3.63, 3.8) is 0 Å². The van der Waals surface area contributed by atoms with Gasteiger partial charge in [0.25, 0.3) is 0 Å². The molecule has 1 saturated carbocycles. The second-order valence-corrected chi connectivity index (χ2v) is 6.36. The van der Waals surface area contributed by atoms with Crippen LogP contribution in [0, 0.1) is 5.92 Å². The lowest BCUT2D eigenvalue weighted by Gasteiger charge is -2.23. The average molecular weight is 264 g/mol. The summed E-state index contributed by atoms with van der Waals surface area (Å²) in [6.07, 6.45) is 6.93. The zero-order chi connectivity index (χ0) is 13.5. The summed E-state index contributed by atoms with van der Waals surface area (Å²) in [6.45, 7) is 0. The normalized spacial score (nSPS) is 22.3. The van der Waals surface area contributed by atoms with Crippen LogP contribution in [0.25, 0.3) is 10.8 Å². The highest BCUT2D eigenvalue weighted by atomic mass is 16.1. The van der Waals surface area contributed by atoms with Crippen LogP contribution in [-0.4, -0.2) is 5.78 Å². The van der Waals surface area contributed by atoms with E-state index in [1.807, 2.05) is 0 Å². The summed E-state index contributed by atoms with van der Waals surface area (Å²) < 4.78 is 0. The molecule has 0 aliphatic heterocycles. The van der Waals surface area contributed by atoms with Gasteiger partial charge in [0.2, 0.25) is 0 Å². The minimum atomic E-state index is 0.124. The molecule has 2 aromatic rings. The molecule has 102 valence electrons. The molecular formula is C19H20O. The average Bonchev–Trinajstić information content (AvgIpc) is 2.89. The van der Waals surface area contributed by atoms with Gasteiger partial charge in [-0.1, -0.05) is 55.7 Å². The third kappa shape index (κ3) is 1.80. The van der Waals surface area contributed by atoms with Gasteiger partial charge >= 0.3 is 0 Å². The van der Waals surface area contributed by atoms with Crippen molar-refractivity contribution in [3.05, 3.63) is 47.5 Å². The Labute approximate surface area is 120 Å². The Morgan fingerprint density at radius 2 is 1.70 bits per heavy atom. The van der Waals surface area contributed by atoms with E-state index in [4.69, 9.17) is 0 Å². The fourth-order valence-corrected chi connectivity index (χ4v) is 4.17. The Balaban J connectivity index is 1.73. The van der Waals surface area contributed by atoms with Crippen LogP contribution in [0.15, 0.2) is 36.4 Å². The summed E-state index contributed by atoms with van der Waals surface area (Å²) in [5, 5.41) is 2.64. The molecule has 2 aromatic carbocycles. The minimum absolute atomic E-state index is 0.124. The quantitative estimate of drug-likeness (QED) is 0.773. The maximum atomic E-state index is 12.9. The maximum absolute atomic E-state index is 12.9. The first-order valence-electron chi connectivity index (χ1n) is 7.89.